The normalized spacial score (nSPS) is 9.88. The molecule has 0 aliphatic heterocycles. The molecule has 0 aliphatic carbocycles. The van der Waals surface area contributed by atoms with E-state index in [4.69, 9.17) is 0 Å². The monoisotopic (exact) mass is 220 g/mol. The number of benzene rings is 1. The molecule has 0 unspecified atom stereocenters. The molecule has 88 valence electrons. The lowest BCUT2D eigenvalue weighted by Crippen LogP contribution is -2.35. The van der Waals surface area contributed by atoms with E-state index in [2.05, 4.69) is 24.5 Å². The fourth-order valence-electron chi connectivity index (χ4n) is 1.33. The summed E-state index contributed by atoms with van der Waals surface area (Å²) in [4.78, 5) is 11.3. The maximum absolute atomic E-state index is 11.3. The van der Waals surface area contributed by atoms with Gasteiger partial charge in [0.2, 0.25) is 0 Å². The van der Waals surface area contributed by atoms with E-state index in [-0.39, 0.29) is 6.03 Å². The van der Waals surface area contributed by atoms with Crippen LogP contribution in [0.15, 0.2) is 24.3 Å². The largest absolute Gasteiger partial charge is 0.338 e. The van der Waals surface area contributed by atoms with Crippen LogP contribution in [-0.4, -0.2) is 12.6 Å². The molecule has 2 N–H and O–H groups in total. The summed E-state index contributed by atoms with van der Waals surface area (Å²) in [5, 5.41) is 5.64. The molecule has 0 saturated heterocycles. The summed E-state index contributed by atoms with van der Waals surface area (Å²) >= 11 is 0. The minimum absolute atomic E-state index is 0.0889. The van der Waals surface area contributed by atoms with Crippen molar-refractivity contribution in [1.82, 2.24) is 10.6 Å². The third kappa shape index (κ3) is 4.82. The molecule has 3 heteroatoms. The van der Waals surface area contributed by atoms with Gasteiger partial charge in [-0.05, 0) is 18.9 Å². The maximum Gasteiger partial charge on any atom is 0.315 e. The molecule has 1 aromatic carbocycles. The average Bonchev–Trinajstić information content (AvgIpc) is 2.29. The van der Waals surface area contributed by atoms with Gasteiger partial charge in [-0.15, -0.1) is 0 Å². The summed E-state index contributed by atoms with van der Waals surface area (Å²) in [6.07, 6.45) is 2.12. The first-order chi connectivity index (χ1) is 7.72. The minimum Gasteiger partial charge on any atom is -0.338 e. The van der Waals surface area contributed by atoms with Gasteiger partial charge in [0.05, 0.1) is 0 Å². The molecule has 0 spiro atoms. The molecule has 0 aromatic heterocycles. The van der Waals surface area contributed by atoms with Crippen molar-refractivity contribution in [3.8, 4) is 0 Å². The van der Waals surface area contributed by atoms with Gasteiger partial charge >= 0.3 is 6.03 Å². The van der Waals surface area contributed by atoms with Crippen LogP contribution >= 0.6 is 0 Å². The minimum atomic E-state index is -0.0889. The Balaban J connectivity index is 2.23. The van der Waals surface area contributed by atoms with Gasteiger partial charge in [-0.1, -0.05) is 43.2 Å². The van der Waals surface area contributed by atoms with E-state index in [1.54, 1.807) is 0 Å². The third-order valence-corrected chi connectivity index (χ3v) is 2.39. The number of carbonyl (C=O) groups excluding carboxylic acids is 1. The van der Waals surface area contributed by atoms with E-state index in [1.807, 2.05) is 24.3 Å². The molecule has 16 heavy (non-hydrogen) atoms. The van der Waals surface area contributed by atoms with Crippen LogP contribution in [0, 0.1) is 6.92 Å². The number of urea groups is 1. The molecule has 2 amide bonds. The Morgan fingerprint density at radius 2 is 1.88 bits per heavy atom. The Morgan fingerprint density at radius 1 is 1.19 bits per heavy atom. The van der Waals surface area contributed by atoms with Gasteiger partial charge in [-0.2, -0.15) is 0 Å². The number of rotatable bonds is 5. The van der Waals surface area contributed by atoms with E-state index in [1.165, 1.54) is 5.56 Å². The van der Waals surface area contributed by atoms with Crippen molar-refractivity contribution in [1.29, 1.82) is 0 Å². The van der Waals surface area contributed by atoms with Crippen LogP contribution in [0.1, 0.15) is 30.9 Å². The standard InChI is InChI=1S/C13H20N2O/c1-3-4-9-14-13(16)15-10-12-7-5-11(2)6-8-12/h5-8H,3-4,9-10H2,1-2H3,(H2,14,15,16). The van der Waals surface area contributed by atoms with E-state index in [9.17, 15) is 4.79 Å². The Kier molecular flexibility index (Phi) is 5.40. The third-order valence-electron chi connectivity index (χ3n) is 2.39. The summed E-state index contributed by atoms with van der Waals surface area (Å²) in [7, 11) is 0. The second-order valence-corrected chi connectivity index (χ2v) is 3.95. The molecule has 0 fully saturated rings. The number of carbonyl (C=O) groups is 1. The second-order valence-electron chi connectivity index (χ2n) is 3.95. The van der Waals surface area contributed by atoms with Gasteiger partial charge in [-0.3, -0.25) is 0 Å². The summed E-state index contributed by atoms with van der Waals surface area (Å²) in [5.74, 6) is 0. The average molecular weight is 220 g/mol. The summed E-state index contributed by atoms with van der Waals surface area (Å²) in [5.41, 5.74) is 2.35. The van der Waals surface area contributed by atoms with Crippen LogP contribution in [0.2, 0.25) is 0 Å². The Hall–Kier alpha value is -1.51. The molecule has 3 nitrogen and oxygen atoms in total. The first-order valence-electron chi connectivity index (χ1n) is 5.79. The highest BCUT2D eigenvalue weighted by molar-refractivity contribution is 5.73. The topological polar surface area (TPSA) is 41.1 Å². The van der Waals surface area contributed by atoms with Crippen molar-refractivity contribution in [3.63, 3.8) is 0 Å². The van der Waals surface area contributed by atoms with Crippen molar-refractivity contribution in [2.75, 3.05) is 6.54 Å². The lowest BCUT2D eigenvalue weighted by atomic mass is 10.1. The van der Waals surface area contributed by atoms with Crippen LogP contribution in [0.4, 0.5) is 4.79 Å². The summed E-state index contributed by atoms with van der Waals surface area (Å²) in [6.45, 7) is 5.48. The maximum atomic E-state index is 11.3. The zero-order chi connectivity index (χ0) is 11.8. The van der Waals surface area contributed by atoms with E-state index in [0.29, 0.717) is 6.54 Å². The molecular weight excluding hydrogens is 200 g/mol. The van der Waals surface area contributed by atoms with Crippen molar-refractivity contribution in [2.45, 2.75) is 33.2 Å². The number of amides is 2. The van der Waals surface area contributed by atoms with Crippen LogP contribution in [-0.2, 0) is 6.54 Å². The van der Waals surface area contributed by atoms with E-state index >= 15 is 0 Å². The van der Waals surface area contributed by atoms with Crippen molar-refractivity contribution < 1.29 is 4.79 Å². The highest BCUT2D eigenvalue weighted by Gasteiger charge is 1.98. The van der Waals surface area contributed by atoms with Crippen molar-refractivity contribution in [3.05, 3.63) is 35.4 Å². The zero-order valence-electron chi connectivity index (χ0n) is 10.0. The van der Waals surface area contributed by atoms with Gasteiger partial charge in [0.15, 0.2) is 0 Å². The molecule has 0 bridgehead atoms. The number of nitrogens with one attached hydrogen (secondary N) is 2. The first kappa shape index (κ1) is 12.6. The van der Waals surface area contributed by atoms with Crippen LogP contribution in [0.3, 0.4) is 0 Å². The lowest BCUT2D eigenvalue weighted by molar-refractivity contribution is 0.240. The summed E-state index contributed by atoms with van der Waals surface area (Å²) < 4.78 is 0. The number of unbranched alkanes of at least 4 members (excludes halogenated alkanes) is 1. The van der Waals surface area contributed by atoms with Crippen LogP contribution in [0.5, 0.6) is 0 Å². The predicted octanol–water partition coefficient (Wildman–Crippen LogP) is 2.59. The summed E-state index contributed by atoms with van der Waals surface area (Å²) in [6, 6.07) is 8.07. The van der Waals surface area contributed by atoms with Crippen LogP contribution < -0.4 is 10.6 Å². The van der Waals surface area contributed by atoms with Crippen LogP contribution in [0.25, 0.3) is 0 Å². The SMILES string of the molecule is CCCCNC(=O)NCc1ccc(C)cc1. The molecule has 0 aliphatic rings. The molecule has 0 saturated carbocycles. The highest BCUT2D eigenvalue weighted by atomic mass is 16.2. The quantitative estimate of drug-likeness (QED) is 0.736. The molecular formula is C13H20N2O. The van der Waals surface area contributed by atoms with E-state index in [0.717, 1.165) is 24.9 Å². The Labute approximate surface area is 97.2 Å². The molecule has 0 atom stereocenters. The fraction of sp³-hybridized carbons (Fsp3) is 0.462. The Bertz CT molecular complexity index is 319. The van der Waals surface area contributed by atoms with Crippen molar-refractivity contribution in [2.24, 2.45) is 0 Å². The lowest BCUT2D eigenvalue weighted by Gasteiger charge is -2.07. The van der Waals surface area contributed by atoms with Gasteiger partial charge in [0.25, 0.3) is 0 Å². The fourth-order valence-corrected chi connectivity index (χ4v) is 1.33. The highest BCUT2D eigenvalue weighted by Crippen LogP contribution is 2.02. The number of aryl methyl sites for hydroxylation is 1. The van der Waals surface area contributed by atoms with Gasteiger partial charge in [-0.25, -0.2) is 4.79 Å². The second kappa shape index (κ2) is 6.88. The van der Waals surface area contributed by atoms with Gasteiger partial charge in [0.1, 0.15) is 0 Å². The molecule has 0 radical (unpaired) electrons. The van der Waals surface area contributed by atoms with E-state index < -0.39 is 0 Å². The smallest absolute Gasteiger partial charge is 0.315 e. The predicted molar refractivity (Wildman–Crippen MR) is 66.3 cm³/mol. The van der Waals surface area contributed by atoms with Crippen molar-refractivity contribution >= 4 is 6.03 Å². The molecule has 1 aromatic rings. The molecule has 1 rings (SSSR count). The molecule has 0 heterocycles. The van der Waals surface area contributed by atoms with Gasteiger partial charge < -0.3 is 10.6 Å². The zero-order valence-corrected chi connectivity index (χ0v) is 10.0. The Morgan fingerprint density at radius 3 is 2.50 bits per heavy atom. The first-order valence-corrected chi connectivity index (χ1v) is 5.79. The number of hydrogen-bond donors (Lipinski definition) is 2. The van der Waals surface area contributed by atoms with Gasteiger partial charge in [0, 0.05) is 13.1 Å². The number of hydrogen-bond acceptors (Lipinski definition) is 1.